The standard InChI is InChI=1S/C29H24ClN3O3/c30-19-10-6-11-20(16-19)33-26(34)24-23-14-7-15-32(23)29(25(24)27(33)35)21-12-4-5-13-22(21)31(28(29)36)17-18-8-2-1-3-9-18/h1-6,8-13,16,23-25H,7,14-15,17H2/t23-,24-,25-,29-/m1/s1. The van der Waals surface area contributed by atoms with Gasteiger partial charge in [-0.1, -0.05) is 66.2 Å². The predicted octanol–water partition coefficient (Wildman–Crippen LogP) is 4.37. The summed E-state index contributed by atoms with van der Waals surface area (Å²) in [5.41, 5.74) is 1.95. The van der Waals surface area contributed by atoms with Crippen molar-refractivity contribution in [1.82, 2.24) is 4.90 Å². The largest absolute Gasteiger partial charge is 0.306 e. The van der Waals surface area contributed by atoms with Crippen molar-refractivity contribution >= 4 is 40.7 Å². The van der Waals surface area contributed by atoms with Gasteiger partial charge in [-0.15, -0.1) is 0 Å². The summed E-state index contributed by atoms with van der Waals surface area (Å²) in [5.74, 6) is -1.99. The van der Waals surface area contributed by atoms with Gasteiger partial charge in [0.1, 0.15) is 5.54 Å². The molecule has 6 nitrogen and oxygen atoms in total. The number of carbonyl (C=O) groups is 3. The lowest BCUT2D eigenvalue weighted by Gasteiger charge is -2.37. The quantitative estimate of drug-likeness (QED) is 0.504. The van der Waals surface area contributed by atoms with Crippen LogP contribution in [0.4, 0.5) is 11.4 Å². The summed E-state index contributed by atoms with van der Waals surface area (Å²) < 4.78 is 0. The SMILES string of the molecule is O=C1[C@@H]2[C@H]3CCCN3[C@@]3(C(=O)N(Cc4ccccc4)c4ccccc43)[C@H]2C(=O)N1c1cccc(Cl)c1. The van der Waals surface area contributed by atoms with Crippen molar-refractivity contribution in [3.05, 3.63) is 95.0 Å². The van der Waals surface area contributed by atoms with Crippen LogP contribution in [0.1, 0.15) is 24.0 Å². The summed E-state index contributed by atoms with van der Waals surface area (Å²) in [6, 6.07) is 24.3. The highest BCUT2D eigenvalue weighted by molar-refractivity contribution is 6.31. The minimum atomic E-state index is -1.18. The van der Waals surface area contributed by atoms with Crippen LogP contribution in [0.2, 0.25) is 5.02 Å². The van der Waals surface area contributed by atoms with Gasteiger partial charge in [-0.05, 0) is 49.2 Å². The van der Waals surface area contributed by atoms with E-state index in [4.69, 9.17) is 11.6 Å². The Morgan fingerprint density at radius 1 is 0.889 bits per heavy atom. The first-order valence-electron chi connectivity index (χ1n) is 12.4. The number of para-hydroxylation sites is 1. The molecule has 4 atom stereocenters. The number of fused-ring (bicyclic) bond motifs is 7. The summed E-state index contributed by atoms with van der Waals surface area (Å²) >= 11 is 6.22. The van der Waals surface area contributed by atoms with E-state index in [1.54, 1.807) is 24.3 Å². The Kier molecular flexibility index (Phi) is 4.69. The fourth-order valence-electron chi connectivity index (χ4n) is 7.13. The lowest BCUT2D eigenvalue weighted by atomic mass is 9.75. The van der Waals surface area contributed by atoms with Crippen LogP contribution in [0, 0.1) is 11.8 Å². The summed E-state index contributed by atoms with van der Waals surface area (Å²) in [6.45, 7) is 1.10. The molecule has 3 aromatic carbocycles. The smallest absolute Gasteiger partial charge is 0.253 e. The molecule has 0 N–H and O–H groups in total. The monoisotopic (exact) mass is 497 g/mol. The molecule has 0 aliphatic carbocycles. The second-order valence-electron chi connectivity index (χ2n) is 10.1. The third kappa shape index (κ3) is 2.69. The lowest BCUT2D eigenvalue weighted by molar-refractivity contribution is -0.137. The molecule has 3 amide bonds. The van der Waals surface area contributed by atoms with Gasteiger partial charge in [0.25, 0.3) is 5.91 Å². The van der Waals surface area contributed by atoms with E-state index >= 15 is 0 Å². The molecular formula is C29H24ClN3O3. The van der Waals surface area contributed by atoms with Crippen molar-refractivity contribution in [2.45, 2.75) is 31.0 Å². The van der Waals surface area contributed by atoms with Crippen LogP contribution in [0.25, 0.3) is 0 Å². The van der Waals surface area contributed by atoms with Crippen molar-refractivity contribution in [3.8, 4) is 0 Å². The number of carbonyl (C=O) groups excluding carboxylic acids is 3. The molecule has 180 valence electrons. The van der Waals surface area contributed by atoms with Gasteiger partial charge in [-0.25, -0.2) is 4.90 Å². The molecule has 7 heteroatoms. The number of hydrogen-bond donors (Lipinski definition) is 0. The van der Waals surface area contributed by atoms with Gasteiger partial charge in [0.15, 0.2) is 0 Å². The van der Waals surface area contributed by atoms with Crippen LogP contribution < -0.4 is 9.80 Å². The maximum atomic E-state index is 14.6. The van der Waals surface area contributed by atoms with E-state index in [9.17, 15) is 14.4 Å². The average Bonchev–Trinajstić information content (AvgIpc) is 3.59. The maximum absolute atomic E-state index is 14.6. The van der Waals surface area contributed by atoms with Gasteiger partial charge in [-0.2, -0.15) is 0 Å². The third-order valence-electron chi connectivity index (χ3n) is 8.39. The van der Waals surface area contributed by atoms with Crippen LogP contribution in [0.3, 0.4) is 0 Å². The first kappa shape index (κ1) is 21.8. The first-order chi connectivity index (χ1) is 17.5. The van der Waals surface area contributed by atoms with Gasteiger partial charge in [0.05, 0.1) is 24.1 Å². The maximum Gasteiger partial charge on any atom is 0.253 e. The van der Waals surface area contributed by atoms with Crippen molar-refractivity contribution < 1.29 is 14.4 Å². The van der Waals surface area contributed by atoms with E-state index in [0.29, 0.717) is 23.8 Å². The Bertz CT molecular complexity index is 1430. The van der Waals surface area contributed by atoms with Crippen LogP contribution in [0.5, 0.6) is 0 Å². The molecule has 3 aromatic rings. The van der Waals surface area contributed by atoms with E-state index in [0.717, 1.165) is 29.7 Å². The molecule has 4 aliphatic rings. The minimum absolute atomic E-state index is 0.110. The van der Waals surface area contributed by atoms with E-state index in [2.05, 4.69) is 4.90 Å². The van der Waals surface area contributed by atoms with Crippen molar-refractivity contribution in [2.24, 2.45) is 11.8 Å². The van der Waals surface area contributed by atoms with E-state index in [1.165, 1.54) is 4.90 Å². The molecule has 0 bridgehead atoms. The second-order valence-corrected chi connectivity index (χ2v) is 10.5. The predicted molar refractivity (Wildman–Crippen MR) is 136 cm³/mol. The zero-order valence-electron chi connectivity index (χ0n) is 19.5. The van der Waals surface area contributed by atoms with Crippen LogP contribution in [0.15, 0.2) is 78.9 Å². The number of halogens is 1. The van der Waals surface area contributed by atoms with Gasteiger partial charge in [0, 0.05) is 22.3 Å². The lowest BCUT2D eigenvalue weighted by Crippen LogP contribution is -2.55. The summed E-state index contributed by atoms with van der Waals surface area (Å²) in [7, 11) is 0. The summed E-state index contributed by atoms with van der Waals surface area (Å²) in [6.07, 6.45) is 1.68. The number of anilines is 2. The van der Waals surface area contributed by atoms with E-state index in [-0.39, 0.29) is 23.8 Å². The van der Waals surface area contributed by atoms with Crippen LogP contribution in [-0.2, 0) is 26.5 Å². The fourth-order valence-corrected chi connectivity index (χ4v) is 7.32. The number of nitrogens with zero attached hydrogens (tertiary/aromatic N) is 3. The fraction of sp³-hybridized carbons (Fsp3) is 0.276. The van der Waals surface area contributed by atoms with Crippen LogP contribution in [-0.4, -0.2) is 35.2 Å². The molecule has 0 aromatic heterocycles. The van der Waals surface area contributed by atoms with E-state index < -0.39 is 17.4 Å². The third-order valence-corrected chi connectivity index (χ3v) is 8.63. The Morgan fingerprint density at radius 3 is 2.47 bits per heavy atom. The van der Waals surface area contributed by atoms with Gasteiger partial charge in [-0.3, -0.25) is 19.3 Å². The Morgan fingerprint density at radius 2 is 1.67 bits per heavy atom. The van der Waals surface area contributed by atoms with Gasteiger partial charge >= 0.3 is 0 Å². The van der Waals surface area contributed by atoms with Crippen LogP contribution >= 0.6 is 11.6 Å². The molecule has 7 rings (SSSR count). The zero-order chi connectivity index (χ0) is 24.6. The Labute approximate surface area is 214 Å². The highest BCUT2D eigenvalue weighted by Crippen LogP contribution is 2.62. The topological polar surface area (TPSA) is 60.9 Å². The molecule has 36 heavy (non-hydrogen) atoms. The summed E-state index contributed by atoms with van der Waals surface area (Å²) in [4.78, 5) is 47.9. The molecule has 1 spiro atoms. The number of hydrogen-bond acceptors (Lipinski definition) is 4. The highest BCUT2D eigenvalue weighted by Gasteiger charge is 2.75. The normalized spacial score (nSPS) is 28.8. The molecule has 4 heterocycles. The molecule has 3 saturated heterocycles. The second kappa shape index (κ2) is 7.76. The number of amides is 3. The van der Waals surface area contributed by atoms with Crippen molar-refractivity contribution in [1.29, 1.82) is 0 Å². The molecule has 0 unspecified atom stereocenters. The molecule has 3 fully saturated rings. The number of imide groups is 1. The van der Waals surface area contributed by atoms with Gasteiger partial charge in [0.2, 0.25) is 11.8 Å². The summed E-state index contributed by atoms with van der Waals surface area (Å²) in [5, 5.41) is 0.457. The molecular weight excluding hydrogens is 474 g/mol. The number of benzene rings is 3. The molecule has 4 aliphatic heterocycles. The zero-order valence-corrected chi connectivity index (χ0v) is 20.3. The van der Waals surface area contributed by atoms with Crippen molar-refractivity contribution in [2.75, 3.05) is 16.3 Å². The average molecular weight is 498 g/mol. The first-order valence-corrected chi connectivity index (χ1v) is 12.8. The minimum Gasteiger partial charge on any atom is -0.306 e. The van der Waals surface area contributed by atoms with E-state index in [1.807, 2.05) is 59.5 Å². The van der Waals surface area contributed by atoms with Gasteiger partial charge < -0.3 is 4.90 Å². The number of rotatable bonds is 3. The Hall–Kier alpha value is -3.48. The highest BCUT2D eigenvalue weighted by atomic mass is 35.5. The molecule has 0 radical (unpaired) electrons. The Balaban J connectivity index is 1.40. The van der Waals surface area contributed by atoms with Crippen molar-refractivity contribution in [3.63, 3.8) is 0 Å². The molecule has 0 saturated carbocycles.